The third-order valence-corrected chi connectivity index (χ3v) is 5.91. The maximum Gasteiger partial charge on any atom is 0.346 e. The summed E-state index contributed by atoms with van der Waals surface area (Å²) in [5, 5.41) is 4.93. The first kappa shape index (κ1) is 25.9. The molecule has 180 valence electrons. The summed E-state index contributed by atoms with van der Waals surface area (Å²) in [4.78, 5) is 29.7. The van der Waals surface area contributed by atoms with Crippen LogP contribution in [0.3, 0.4) is 0 Å². The van der Waals surface area contributed by atoms with Crippen LogP contribution in [0.15, 0.2) is 49.2 Å². The normalized spacial score (nSPS) is 12.4. The highest BCUT2D eigenvalue weighted by molar-refractivity contribution is 9.10. The van der Waals surface area contributed by atoms with Crippen LogP contribution < -0.4 is 15.0 Å². The number of carbonyl (C=O) groups excluding carboxylic acids is 1. The second-order valence-electron chi connectivity index (χ2n) is 7.69. The lowest BCUT2D eigenvalue weighted by molar-refractivity contribution is -0.147. The maximum absolute atomic E-state index is 13.2. The number of esters is 1. The van der Waals surface area contributed by atoms with Crippen LogP contribution in [-0.2, 0) is 9.53 Å². The van der Waals surface area contributed by atoms with Crippen molar-refractivity contribution in [1.29, 1.82) is 0 Å². The van der Waals surface area contributed by atoms with Crippen LogP contribution in [-0.4, -0.2) is 41.7 Å². The molecule has 3 rings (SSSR count). The zero-order valence-electron chi connectivity index (χ0n) is 19.5. The lowest BCUT2D eigenvalue weighted by Gasteiger charge is -2.18. The number of carbonyl (C=O) groups is 1. The molecule has 0 spiro atoms. The first-order chi connectivity index (χ1) is 16.2. The summed E-state index contributed by atoms with van der Waals surface area (Å²) in [5.41, 5.74) is 1.01. The number of rotatable bonds is 8. The van der Waals surface area contributed by atoms with Gasteiger partial charge in [0.1, 0.15) is 5.82 Å². The predicted molar refractivity (Wildman–Crippen MR) is 138 cm³/mol. The van der Waals surface area contributed by atoms with E-state index in [2.05, 4.69) is 41.9 Å². The van der Waals surface area contributed by atoms with E-state index in [-0.39, 0.29) is 11.5 Å². The van der Waals surface area contributed by atoms with Gasteiger partial charge in [-0.25, -0.2) is 9.78 Å². The van der Waals surface area contributed by atoms with Gasteiger partial charge >= 0.3 is 5.97 Å². The van der Waals surface area contributed by atoms with Crippen molar-refractivity contribution in [1.82, 2.24) is 9.66 Å². The molecule has 0 saturated heterocycles. The van der Waals surface area contributed by atoms with Crippen molar-refractivity contribution in [3.05, 3.63) is 61.0 Å². The van der Waals surface area contributed by atoms with Gasteiger partial charge in [0.25, 0.3) is 5.56 Å². The molecule has 0 radical (unpaired) electrons. The molecule has 0 amide bonds. The Morgan fingerprint density at radius 2 is 1.94 bits per heavy atom. The van der Waals surface area contributed by atoms with Gasteiger partial charge in [0.2, 0.25) is 0 Å². The van der Waals surface area contributed by atoms with Crippen LogP contribution in [0.2, 0.25) is 0 Å². The fourth-order valence-corrected chi connectivity index (χ4v) is 4.12. The molecule has 0 bridgehead atoms. The van der Waals surface area contributed by atoms with Gasteiger partial charge in [-0.15, -0.1) is 0 Å². The molecule has 2 aromatic carbocycles. The van der Waals surface area contributed by atoms with E-state index in [1.54, 1.807) is 37.4 Å². The van der Waals surface area contributed by atoms with E-state index in [9.17, 15) is 9.59 Å². The van der Waals surface area contributed by atoms with Gasteiger partial charge in [-0.1, -0.05) is 29.8 Å². The molecule has 1 heterocycles. The van der Waals surface area contributed by atoms with Gasteiger partial charge < -0.3 is 14.2 Å². The summed E-state index contributed by atoms with van der Waals surface area (Å²) in [5.74, 6) is 0.808. The van der Waals surface area contributed by atoms with Crippen molar-refractivity contribution in [3.8, 4) is 11.5 Å². The summed E-state index contributed by atoms with van der Waals surface area (Å²) in [6.07, 6.45) is 0.731. The molecule has 0 unspecified atom stereocenters. The van der Waals surface area contributed by atoms with Crippen molar-refractivity contribution >= 4 is 54.9 Å². The molecule has 0 aliphatic heterocycles. The summed E-state index contributed by atoms with van der Waals surface area (Å²) >= 11 is 6.89. The van der Waals surface area contributed by atoms with Crippen molar-refractivity contribution in [2.24, 2.45) is 5.10 Å². The predicted octanol–water partition coefficient (Wildman–Crippen LogP) is 5.27. The smallest absolute Gasteiger partial charge is 0.346 e. The number of methoxy groups -OCH3 is 1. The number of nitrogens with zero attached hydrogens (tertiary/aromatic N) is 3. The number of halogens is 2. The van der Waals surface area contributed by atoms with E-state index < -0.39 is 12.1 Å². The monoisotopic (exact) mass is 593 g/mol. The van der Waals surface area contributed by atoms with Crippen LogP contribution in [0, 0.1) is 0 Å². The highest BCUT2D eigenvalue weighted by atomic mass is 79.9. The molecule has 0 N–H and O–H groups in total. The molecule has 10 heteroatoms. The SMILES string of the molecule is CCOc1cc(C=Nn2c(C(C)C)nc3ccc(Br)cc3c2=O)cc(Br)c1O[C@H](C)C(=O)OC. The van der Waals surface area contributed by atoms with E-state index in [1.165, 1.54) is 11.8 Å². The van der Waals surface area contributed by atoms with E-state index in [0.717, 1.165) is 4.47 Å². The average Bonchev–Trinajstić information content (AvgIpc) is 2.80. The lowest BCUT2D eigenvalue weighted by atomic mass is 10.2. The molecule has 1 atom stereocenters. The number of hydrogen-bond donors (Lipinski definition) is 0. The fourth-order valence-electron chi connectivity index (χ4n) is 3.21. The second kappa shape index (κ2) is 11.1. The zero-order chi connectivity index (χ0) is 25.0. The van der Waals surface area contributed by atoms with Gasteiger partial charge in [-0.05, 0) is 65.7 Å². The van der Waals surface area contributed by atoms with Crippen LogP contribution in [0.4, 0.5) is 0 Å². The molecule has 0 saturated carbocycles. The third kappa shape index (κ3) is 5.67. The minimum absolute atomic E-state index is 0.0285. The summed E-state index contributed by atoms with van der Waals surface area (Å²) < 4.78 is 18.9. The average molecular weight is 595 g/mol. The first-order valence-corrected chi connectivity index (χ1v) is 12.2. The Kier molecular flexibility index (Phi) is 8.48. The van der Waals surface area contributed by atoms with Crippen LogP contribution >= 0.6 is 31.9 Å². The molecule has 1 aromatic heterocycles. The topological polar surface area (TPSA) is 92.0 Å². The van der Waals surface area contributed by atoms with Crippen molar-refractivity contribution < 1.29 is 19.0 Å². The highest BCUT2D eigenvalue weighted by Crippen LogP contribution is 2.37. The molecule has 0 aliphatic carbocycles. The molecule has 0 aliphatic rings. The number of hydrogen-bond acceptors (Lipinski definition) is 7. The minimum Gasteiger partial charge on any atom is -0.490 e. The van der Waals surface area contributed by atoms with Crippen LogP contribution in [0.25, 0.3) is 10.9 Å². The van der Waals surface area contributed by atoms with Gasteiger partial charge in [0.15, 0.2) is 17.6 Å². The second-order valence-corrected chi connectivity index (χ2v) is 9.46. The summed E-state index contributed by atoms with van der Waals surface area (Å²) in [7, 11) is 1.30. The third-order valence-electron chi connectivity index (χ3n) is 4.83. The van der Waals surface area contributed by atoms with Gasteiger partial charge in [0.05, 0.1) is 35.3 Å². The van der Waals surface area contributed by atoms with Crippen LogP contribution in [0.1, 0.15) is 45.0 Å². The Labute approximate surface area is 214 Å². The standard InChI is InChI=1S/C24H25Br2N3O5/c1-6-33-20-10-15(9-18(26)21(20)34-14(4)24(31)32-5)12-27-29-22(13(2)3)28-19-8-7-16(25)11-17(19)23(29)30/h7-14H,6H2,1-5H3/t14-/m1/s1. The van der Waals surface area contributed by atoms with Gasteiger partial charge in [-0.3, -0.25) is 4.79 Å². The van der Waals surface area contributed by atoms with Crippen molar-refractivity contribution in [2.75, 3.05) is 13.7 Å². The van der Waals surface area contributed by atoms with Crippen molar-refractivity contribution in [2.45, 2.75) is 39.7 Å². The maximum atomic E-state index is 13.2. The first-order valence-electron chi connectivity index (χ1n) is 10.6. The van der Waals surface area contributed by atoms with Crippen molar-refractivity contribution in [3.63, 3.8) is 0 Å². The van der Waals surface area contributed by atoms with E-state index >= 15 is 0 Å². The Bertz CT molecular complexity index is 1300. The molecular weight excluding hydrogens is 570 g/mol. The highest BCUT2D eigenvalue weighted by Gasteiger charge is 2.20. The van der Waals surface area contributed by atoms with Gasteiger partial charge in [-0.2, -0.15) is 9.78 Å². The lowest BCUT2D eigenvalue weighted by Crippen LogP contribution is -2.25. The summed E-state index contributed by atoms with van der Waals surface area (Å²) in [6.45, 7) is 7.73. The Morgan fingerprint density at radius 3 is 2.59 bits per heavy atom. The fraction of sp³-hybridized carbons (Fsp3) is 0.333. The van der Waals surface area contributed by atoms with E-state index in [4.69, 9.17) is 14.2 Å². The molecule has 0 fully saturated rings. The summed E-state index contributed by atoms with van der Waals surface area (Å²) in [6, 6.07) is 8.88. The van der Waals surface area contributed by atoms with Crippen LogP contribution in [0.5, 0.6) is 11.5 Å². The molecule has 3 aromatic rings. The molecule has 34 heavy (non-hydrogen) atoms. The Morgan fingerprint density at radius 1 is 1.21 bits per heavy atom. The Hall–Kier alpha value is -2.72. The number of ether oxygens (including phenoxy) is 3. The minimum atomic E-state index is -0.824. The number of fused-ring (bicyclic) bond motifs is 1. The quantitative estimate of drug-likeness (QED) is 0.261. The van der Waals surface area contributed by atoms with Gasteiger partial charge in [0, 0.05) is 10.4 Å². The molecular formula is C24H25Br2N3O5. The molecule has 8 nitrogen and oxygen atoms in total. The largest absolute Gasteiger partial charge is 0.490 e. The zero-order valence-corrected chi connectivity index (χ0v) is 22.6. The van der Waals surface area contributed by atoms with E-state index in [0.29, 0.717) is 44.9 Å². The Balaban J connectivity index is 2.07. The van der Waals surface area contributed by atoms with E-state index in [1.807, 2.05) is 26.8 Å². The number of aromatic nitrogens is 2. The number of benzene rings is 2.